The van der Waals surface area contributed by atoms with Crippen LogP contribution in [-0.2, 0) is 13.2 Å². The number of hydrazone groups is 1. The van der Waals surface area contributed by atoms with Gasteiger partial charge in [-0.15, -0.1) is 0 Å². The number of pyridine rings is 1. The minimum Gasteiger partial charge on any atom is -0.489 e. The second-order valence-electron chi connectivity index (χ2n) is 7.75. The minimum absolute atomic E-state index is 0.267. The number of hydrazine groups is 1. The largest absolute Gasteiger partial charge is 0.489 e. The molecule has 9 nitrogen and oxygen atoms in total. The van der Waals surface area contributed by atoms with Crippen LogP contribution in [0.2, 0.25) is 0 Å². The van der Waals surface area contributed by atoms with E-state index in [4.69, 9.17) is 21.2 Å². The summed E-state index contributed by atoms with van der Waals surface area (Å²) in [5.74, 6) is 11.9. The maximum Gasteiger partial charge on any atom is 0.257 e. The van der Waals surface area contributed by atoms with Gasteiger partial charge in [-0.3, -0.25) is 4.79 Å². The van der Waals surface area contributed by atoms with Gasteiger partial charge in [-0.1, -0.05) is 60.7 Å². The molecule has 0 fully saturated rings. The molecule has 6 N–H and O–H groups in total. The first-order valence-corrected chi connectivity index (χ1v) is 11.2. The SMILES string of the molecule is N/N=C(\NN)c1ccc(NC(=O)c2cc(OCc3ccccc3)cc(OCc3ccccc3)c2)nc1. The Hall–Kier alpha value is -4.89. The van der Waals surface area contributed by atoms with Gasteiger partial charge in [-0.25, -0.2) is 10.8 Å². The number of anilines is 1. The maximum absolute atomic E-state index is 13.1. The van der Waals surface area contributed by atoms with Gasteiger partial charge in [0.05, 0.1) is 0 Å². The van der Waals surface area contributed by atoms with E-state index >= 15 is 0 Å². The number of nitrogens with one attached hydrogen (secondary N) is 2. The second kappa shape index (κ2) is 12.0. The minimum atomic E-state index is -0.366. The molecule has 36 heavy (non-hydrogen) atoms. The first kappa shape index (κ1) is 24.2. The summed E-state index contributed by atoms with van der Waals surface area (Å²) in [4.78, 5) is 17.3. The summed E-state index contributed by atoms with van der Waals surface area (Å²) in [5.41, 5.74) is 5.34. The summed E-state index contributed by atoms with van der Waals surface area (Å²) in [6.45, 7) is 0.709. The van der Waals surface area contributed by atoms with Crippen LogP contribution in [0.15, 0.2) is 102 Å². The summed E-state index contributed by atoms with van der Waals surface area (Å²) >= 11 is 0. The highest BCUT2D eigenvalue weighted by Gasteiger charge is 2.13. The molecule has 0 unspecified atom stereocenters. The van der Waals surface area contributed by atoms with E-state index < -0.39 is 0 Å². The van der Waals surface area contributed by atoms with Crippen LogP contribution in [0.5, 0.6) is 11.5 Å². The number of carbonyl (C=O) groups is 1. The van der Waals surface area contributed by atoms with E-state index in [1.165, 1.54) is 6.20 Å². The van der Waals surface area contributed by atoms with Crippen LogP contribution >= 0.6 is 0 Å². The van der Waals surface area contributed by atoms with Crippen LogP contribution in [-0.4, -0.2) is 16.7 Å². The predicted octanol–water partition coefficient (Wildman–Crippen LogP) is 3.58. The van der Waals surface area contributed by atoms with Crippen molar-refractivity contribution in [2.45, 2.75) is 13.2 Å². The van der Waals surface area contributed by atoms with Crippen molar-refractivity contribution in [2.75, 3.05) is 5.32 Å². The molecule has 182 valence electrons. The average molecular weight is 483 g/mol. The topological polar surface area (TPSA) is 137 Å². The van der Waals surface area contributed by atoms with Crippen LogP contribution in [0.25, 0.3) is 0 Å². The predicted molar refractivity (Wildman–Crippen MR) is 138 cm³/mol. The van der Waals surface area contributed by atoms with Crippen LogP contribution in [0.3, 0.4) is 0 Å². The molecule has 1 heterocycles. The maximum atomic E-state index is 13.1. The Balaban J connectivity index is 1.52. The fourth-order valence-electron chi connectivity index (χ4n) is 3.34. The molecule has 0 aliphatic heterocycles. The van der Waals surface area contributed by atoms with Gasteiger partial charge < -0.3 is 26.1 Å². The van der Waals surface area contributed by atoms with Gasteiger partial charge in [0.1, 0.15) is 30.5 Å². The summed E-state index contributed by atoms with van der Waals surface area (Å²) in [5, 5.41) is 6.32. The summed E-state index contributed by atoms with van der Waals surface area (Å²) in [6.07, 6.45) is 1.50. The van der Waals surface area contributed by atoms with E-state index in [0.29, 0.717) is 41.7 Å². The summed E-state index contributed by atoms with van der Waals surface area (Å²) < 4.78 is 11.9. The van der Waals surface area contributed by atoms with E-state index in [2.05, 4.69) is 20.8 Å². The lowest BCUT2D eigenvalue weighted by Gasteiger charge is -2.13. The number of hydrogen-bond acceptors (Lipinski definition) is 7. The monoisotopic (exact) mass is 482 g/mol. The Kier molecular flexibility index (Phi) is 8.08. The van der Waals surface area contributed by atoms with Crippen molar-refractivity contribution in [3.05, 3.63) is 119 Å². The number of nitrogens with two attached hydrogens (primary N) is 2. The lowest BCUT2D eigenvalue weighted by atomic mass is 10.1. The highest BCUT2D eigenvalue weighted by molar-refractivity contribution is 6.04. The number of hydrogen-bond donors (Lipinski definition) is 4. The third-order valence-corrected chi connectivity index (χ3v) is 5.18. The molecule has 1 aromatic heterocycles. The smallest absolute Gasteiger partial charge is 0.257 e. The van der Waals surface area contributed by atoms with Gasteiger partial charge in [0.25, 0.3) is 5.91 Å². The molecule has 4 aromatic rings. The van der Waals surface area contributed by atoms with E-state index in [1.807, 2.05) is 60.7 Å². The fourth-order valence-corrected chi connectivity index (χ4v) is 3.34. The number of amidine groups is 1. The van der Waals surface area contributed by atoms with Gasteiger partial charge in [-0.2, -0.15) is 5.10 Å². The Morgan fingerprint density at radius 2 is 1.39 bits per heavy atom. The van der Waals surface area contributed by atoms with E-state index in [0.717, 1.165) is 11.1 Å². The number of ether oxygens (including phenoxy) is 2. The highest BCUT2D eigenvalue weighted by atomic mass is 16.5. The van der Waals surface area contributed by atoms with Crippen molar-refractivity contribution >= 4 is 17.6 Å². The van der Waals surface area contributed by atoms with Gasteiger partial charge in [-0.05, 0) is 35.4 Å². The molecule has 3 aromatic carbocycles. The number of carbonyl (C=O) groups excluding carboxylic acids is 1. The summed E-state index contributed by atoms with van der Waals surface area (Å²) in [7, 11) is 0. The van der Waals surface area contributed by atoms with Crippen LogP contribution < -0.4 is 31.9 Å². The molecular weight excluding hydrogens is 456 g/mol. The van der Waals surface area contributed by atoms with Crippen LogP contribution in [0, 0.1) is 0 Å². The lowest BCUT2D eigenvalue weighted by molar-refractivity contribution is 0.102. The van der Waals surface area contributed by atoms with Gasteiger partial charge >= 0.3 is 0 Å². The molecule has 0 aliphatic carbocycles. The average Bonchev–Trinajstić information content (AvgIpc) is 2.93. The number of nitrogens with zero attached hydrogens (tertiary/aromatic N) is 2. The van der Waals surface area contributed by atoms with Crippen LogP contribution in [0.1, 0.15) is 27.0 Å². The van der Waals surface area contributed by atoms with Crippen LogP contribution in [0.4, 0.5) is 5.82 Å². The highest BCUT2D eigenvalue weighted by Crippen LogP contribution is 2.25. The zero-order chi connectivity index (χ0) is 25.2. The normalized spacial score (nSPS) is 11.0. The molecule has 1 amide bonds. The molecule has 4 rings (SSSR count). The molecule has 0 atom stereocenters. The standard InChI is InChI=1S/C27H26N6O3/c28-32-26(33-29)21-11-12-25(30-16-21)31-27(34)22-13-23(35-17-19-7-3-1-4-8-19)15-24(14-22)36-18-20-9-5-2-6-10-20/h1-16H,17-18,28-29H2,(H,32,33)(H,30,31,34). The molecule has 0 saturated heterocycles. The van der Waals surface area contributed by atoms with E-state index in [1.54, 1.807) is 30.3 Å². The van der Waals surface area contributed by atoms with Crippen molar-refractivity contribution in [3.63, 3.8) is 0 Å². The van der Waals surface area contributed by atoms with Crippen molar-refractivity contribution in [2.24, 2.45) is 16.8 Å². The van der Waals surface area contributed by atoms with Gasteiger partial charge in [0, 0.05) is 23.4 Å². The number of aromatic nitrogens is 1. The third kappa shape index (κ3) is 6.58. The Morgan fingerprint density at radius 3 is 1.86 bits per heavy atom. The van der Waals surface area contributed by atoms with Crippen molar-refractivity contribution in [1.29, 1.82) is 0 Å². The zero-order valence-corrected chi connectivity index (χ0v) is 19.4. The van der Waals surface area contributed by atoms with Crippen molar-refractivity contribution < 1.29 is 14.3 Å². The van der Waals surface area contributed by atoms with Gasteiger partial charge in [0.2, 0.25) is 0 Å². The van der Waals surface area contributed by atoms with Gasteiger partial charge in [0.15, 0.2) is 5.84 Å². The fraction of sp³-hybridized carbons (Fsp3) is 0.0741. The third-order valence-electron chi connectivity index (χ3n) is 5.18. The lowest BCUT2D eigenvalue weighted by Crippen LogP contribution is -2.32. The van der Waals surface area contributed by atoms with E-state index in [9.17, 15) is 4.79 Å². The Morgan fingerprint density at radius 1 is 0.806 bits per heavy atom. The molecule has 9 heteroatoms. The number of benzene rings is 3. The molecule has 0 aliphatic rings. The number of rotatable bonds is 9. The molecule has 0 spiro atoms. The Bertz CT molecular complexity index is 1250. The first-order chi connectivity index (χ1) is 17.6. The molecule has 0 radical (unpaired) electrons. The van der Waals surface area contributed by atoms with Crippen molar-refractivity contribution in [3.8, 4) is 11.5 Å². The zero-order valence-electron chi connectivity index (χ0n) is 19.4. The quantitative estimate of drug-likeness (QED) is 0.124. The molecule has 0 bridgehead atoms. The summed E-state index contributed by atoms with van der Waals surface area (Å²) in [6, 6.07) is 28.0. The number of amides is 1. The first-order valence-electron chi connectivity index (χ1n) is 11.2. The van der Waals surface area contributed by atoms with Crippen molar-refractivity contribution in [1.82, 2.24) is 10.4 Å². The molecule has 0 saturated carbocycles. The van der Waals surface area contributed by atoms with E-state index in [-0.39, 0.29) is 11.7 Å². The Labute approximate surface area is 208 Å². The second-order valence-corrected chi connectivity index (χ2v) is 7.75. The molecular formula is C27H26N6O3.